The highest BCUT2D eigenvalue weighted by Crippen LogP contribution is 2.33. The van der Waals surface area contributed by atoms with Gasteiger partial charge < -0.3 is 15.0 Å². The first kappa shape index (κ1) is 13.1. The molecule has 0 saturated heterocycles. The van der Waals surface area contributed by atoms with Crippen molar-refractivity contribution in [2.24, 2.45) is 5.73 Å². The quantitative estimate of drug-likeness (QED) is 0.939. The van der Waals surface area contributed by atoms with E-state index in [1.165, 1.54) is 0 Å². The van der Waals surface area contributed by atoms with Gasteiger partial charge in [0, 0.05) is 30.0 Å². The summed E-state index contributed by atoms with van der Waals surface area (Å²) in [5.74, 6) is 0.543. The summed E-state index contributed by atoms with van der Waals surface area (Å²) in [5.41, 5.74) is 6.16. The van der Waals surface area contributed by atoms with Crippen LogP contribution in [-0.4, -0.2) is 9.55 Å². The van der Waals surface area contributed by atoms with E-state index in [1.54, 1.807) is 35.2 Å². The second-order valence-electron chi connectivity index (χ2n) is 4.74. The van der Waals surface area contributed by atoms with Gasteiger partial charge in [0.15, 0.2) is 0 Å². The molecule has 1 aromatic heterocycles. The topological polar surface area (TPSA) is 70.1 Å². The molecule has 0 unspecified atom stereocenters. The molecule has 0 spiro atoms. The van der Waals surface area contributed by atoms with E-state index >= 15 is 0 Å². The number of hydrogen-bond donors (Lipinski definition) is 1. The third kappa shape index (κ3) is 2.55. The lowest BCUT2D eigenvalue weighted by Crippen LogP contribution is -2.20. The molecule has 1 heterocycles. The van der Waals surface area contributed by atoms with Crippen LogP contribution in [0.15, 0.2) is 35.4 Å². The molecule has 0 aliphatic heterocycles. The monoisotopic (exact) mass is 291 g/mol. The zero-order valence-electron chi connectivity index (χ0n) is 10.8. The molecule has 1 aliphatic carbocycles. The van der Waals surface area contributed by atoms with Gasteiger partial charge >= 0.3 is 5.56 Å². The maximum Gasteiger partial charge on any atom is 0.313 e. The number of aromatic nitrogens is 2. The lowest BCUT2D eigenvalue weighted by molar-refractivity contribution is 0.444. The standard InChI is InChI=1S/C14H14ClN3O2/c15-12-7-11(4-1-9(12)8-16)20-13-14(19)18(6-5-17-13)10-2-3-10/h1,4-7,10H,2-3,8,16H2. The summed E-state index contributed by atoms with van der Waals surface area (Å²) in [5, 5.41) is 0.517. The summed E-state index contributed by atoms with van der Waals surface area (Å²) < 4.78 is 7.20. The van der Waals surface area contributed by atoms with Crippen LogP contribution in [0.4, 0.5) is 0 Å². The average Bonchev–Trinajstić information content (AvgIpc) is 3.26. The molecule has 6 heteroatoms. The Morgan fingerprint density at radius 1 is 1.45 bits per heavy atom. The van der Waals surface area contributed by atoms with Crippen molar-refractivity contribution in [1.29, 1.82) is 0 Å². The van der Waals surface area contributed by atoms with Crippen LogP contribution >= 0.6 is 11.6 Å². The molecule has 0 radical (unpaired) electrons. The zero-order chi connectivity index (χ0) is 14.1. The van der Waals surface area contributed by atoms with Gasteiger partial charge in [0.1, 0.15) is 5.75 Å². The molecule has 20 heavy (non-hydrogen) atoms. The fourth-order valence-electron chi connectivity index (χ4n) is 1.99. The summed E-state index contributed by atoms with van der Waals surface area (Å²) in [6, 6.07) is 5.43. The number of rotatable bonds is 4. The molecule has 0 amide bonds. The summed E-state index contributed by atoms with van der Waals surface area (Å²) in [4.78, 5) is 16.2. The van der Waals surface area contributed by atoms with E-state index in [0.717, 1.165) is 18.4 Å². The second-order valence-corrected chi connectivity index (χ2v) is 5.14. The van der Waals surface area contributed by atoms with Gasteiger partial charge in [-0.2, -0.15) is 0 Å². The minimum Gasteiger partial charge on any atom is -0.435 e. The van der Waals surface area contributed by atoms with Crippen LogP contribution in [0.2, 0.25) is 5.02 Å². The number of halogens is 1. The number of nitrogens with two attached hydrogens (primary N) is 1. The molecule has 2 aromatic rings. The predicted octanol–water partition coefficient (Wildman–Crippen LogP) is 2.48. The van der Waals surface area contributed by atoms with Gasteiger partial charge in [-0.05, 0) is 30.5 Å². The number of hydrogen-bond acceptors (Lipinski definition) is 4. The van der Waals surface area contributed by atoms with E-state index in [4.69, 9.17) is 22.1 Å². The minimum atomic E-state index is -0.214. The SMILES string of the molecule is NCc1ccc(Oc2nccn(C3CC3)c2=O)cc1Cl. The lowest BCUT2D eigenvalue weighted by Gasteiger charge is -2.08. The van der Waals surface area contributed by atoms with Crippen molar-refractivity contribution in [3.8, 4) is 11.6 Å². The van der Waals surface area contributed by atoms with Crippen LogP contribution in [0.5, 0.6) is 11.6 Å². The van der Waals surface area contributed by atoms with Crippen molar-refractivity contribution in [2.45, 2.75) is 25.4 Å². The first-order chi connectivity index (χ1) is 9.69. The molecule has 1 saturated carbocycles. The van der Waals surface area contributed by atoms with Crippen LogP contribution in [-0.2, 0) is 6.54 Å². The van der Waals surface area contributed by atoms with E-state index < -0.39 is 0 Å². The second kappa shape index (κ2) is 5.26. The molecule has 0 atom stereocenters. The maximum atomic E-state index is 12.2. The summed E-state index contributed by atoms with van der Waals surface area (Å²) in [6.45, 7) is 0.358. The van der Waals surface area contributed by atoms with Crippen LogP contribution in [0, 0.1) is 0 Å². The molecule has 1 aromatic carbocycles. The molecular weight excluding hydrogens is 278 g/mol. The minimum absolute atomic E-state index is 0.0657. The van der Waals surface area contributed by atoms with E-state index in [2.05, 4.69) is 4.98 Å². The Morgan fingerprint density at radius 3 is 2.90 bits per heavy atom. The molecule has 104 valence electrons. The van der Waals surface area contributed by atoms with Crippen molar-refractivity contribution in [3.63, 3.8) is 0 Å². The molecule has 1 aliphatic rings. The number of nitrogens with zero attached hydrogens (tertiary/aromatic N) is 2. The number of benzene rings is 1. The largest absolute Gasteiger partial charge is 0.435 e. The third-order valence-corrected chi connectivity index (χ3v) is 3.59. The van der Waals surface area contributed by atoms with Crippen molar-refractivity contribution < 1.29 is 4.74 Å². The Labute approximate surface area is 121 Å². The van der Waals surface area contributed by atoms with Crippen molar-refractivity contribution in [3.05, 3.63) is 51.5 Å². The Kier molecular flexibility index (Phi) is 3.46. The van der Waals surface area contributed by atoms with E-state index in [0.29, 0.717) is 17.3 Å². The van der Waals surface area contributed by atoms with Gasteiger partial charge in [-0.3, -0.25) is 4.79 Å². The first-order valence-electron chi connectivity index (χ1n) is 6.42. The smallest absolute Gasteiger partial charge is 0.313 e. The van der Waals surface area contributed by atoms with Gasteiger partial charge in [-0.25, -0.2) is 4.98 Å². The molecule has 0 bridgehead atoms. The zero-order valence-corrected chi connectivity index (χ0v) is 11.5. The Hall–Kier alpha value is -1.85. The highest BCUT2D eigenvalue weighted by molar-refractivity contribution is 6.31. The fourth-order valence-corrected chi connectivity index (χ4v) is 2.23. The van der Waals surface area contributed by atoms with Crippen LogP contribution in [0.3, 0.4) is 0 Å². The van der Waals surface area contributed by atoms with Crippen molar-refractivity contribution >= 4 is 11.6 Å². The summed E-state index contributed by atoms with van der Waals surface area (Å²) >= 11 is 6.06. The van der Waals surface area contributed by atoms with Crippen molar-refractivity contribution in [2.75, 3.05) is 0 Å². The average molecular weight is 292 g/mol. The molecule has 1 fully saturated rings. The summed E-state index contributed by atoms with van der Waals surface area (Å²) in [6.07, 6.45) is 5.32. The summed E-state index contributed by atoms with van der Waals surface area (Å²) in [7, 11) is 0. The van der Waals surface area contributed by atoms with Crippen molar-refractivity contribution in [1.82, 2.24) is 9.55 Å². The molecule has 2 N–H and O–H groups in total. The first-order valence-corrected chi connectivity index (χ1v) is 6.80. The maximum absolute atomic E-state index is 12.2. The van der Waals surface area contributed by atoms with Gasteiger partial charge in [0.05, 0.1) is 0 Å². The molecule has 5 nitrogen and oxygen atoms in total. The normalized spacial score (nSPS) is 14.3. The van der Waals surface area contributed by atoms with Crippen LogP contribution in [0.25, 0.3) is 0 Å². The van der Waals surface area contributed by atoms with Gasteiger partial charge in [0.2, 0.25) is 0 Å². The Bertz CT molecular complexity index is 695. The van der Waals surface area contributed by atoms with E-state index in [9.17, 15) is 4.79 Å². The van der Waals surface area contributed by atoms with Crippen LogP contribution in [0.1, 0.15) is 24.4 Å². The van der Waals surface area contributed by atoms with Gasteiger partial charge in [-0.15, -0.1) is 0 Å². The highest BCUT2D eigenvalue weighted by atomic mass is 35.5. The highest BCUT2D eigenvalue weighted by Gasteiger charge is 2.25. The lowest BCUT2D eigenvalue weighted by atomic mass is 10.2. The van der Waals surface area contributed by atoms with Crippen LogP contribution < -0.4 is 16.0 Å². The predicted molar refractivity (Wildman–Crippen MR) is 76.2 cm³/mol. The Balaban J connectivity index is 1.89. The molecular formula is C14H14ClN3O2. The number of ether oxygens (including phenoxy) is 1. The van der Waals surface area contributed by atoms with E-state index in [1.807, 2.05) is 0 Å². The molecule has 3 rings (SSSR count). The third-order valence-electron chi connectivity index (χ3n) is 3.24. The fraction of sp³-hybridized carbons (Fsp3) is 0.286. The Morgan fingerprint density at radius 2 is 2.25 bits per heavy atom. The van der Waals surface area contributed by atoms with E-state index in [-0.39, 0.29) is 17.5 Å². The van der Waals surface area contributed by atoms with Gasteiger partial charge in [-0.1, -0.05) is 17.7 Å². The van der Waals surface area contributed by atoms with Gasteiger partial charge in [0.25, 0.3) is 5.88 Å².